The zero-order valence-electron chi connectivity index (χ0n) is 9.25. The van der Waals surface area contributed by atoms with Gasteiger partial charge in [0, 0.05) is 19.3 Å². The van der Waals surface area contributed by atoms with E-state index in [-0.39, 0.29) is 0 Å². The second-order valence-corrected chi connectivity index (χ2v) is 3.71. The Morgan fingerprint density at radius 2 is 2.07 bits per heavy atom. The van der Waals surface area contributed by atoms with E-state index in [9.17, 15) is 0 Å². The van der Waals surface area contributed by atoms with E-state index in [0.29, 0.717) is 0 Å². The van der Waals surface area contributed by atoms with Gasteiger partial charge in [0.05, 0.1) is 0 Å². The summed E-state index contributed by atoms with van der Waals surface area (Å²) < 4.78 is 0. The van der Waals surface area contributed by atoms with Gasteiger partial charge >= 0.3 is 0 Å². The van der Waals surface area contributed by atoms with Crippen LogP contribution in [0.3, 0.4) is 0 Å². The summed E-state index contributed by atoms with van der Waals surface area (Å²) in [7, 11) is 2.05. The van der Waals surface area contributed by atoms with Gasteiger partial charge in [-0.25, -0.2) is 4.98 Å². The summed E-state index contributed by atoms with van der Waals surface area (Å²) >= 11 is 0. The largest absolute Gasteiger partial charge is 0.360 e. The smallest absolute Gasteiger partial charge is 0.128 e. The fraction of sp³-hybridized carbons (Fsp3) is 0.545. The molecule has 1 rings (SSSR count). The molecule has 0 spiro atoms. The molecule has 0 unspecified atom stereocenters. The first-order valence-electron chi connectivity index (χ1n) is 5.00. The SMILES string of the molecule is Cc1cc(C)nc(N(C)CCCN)c1. The van der Waals surface area contributed by atoms with Crippen LogP contribution >= 0.6 is 0 Å². The number of rotatable bonds is 4. The average Bonchev–Trinajstić information content (AvgIpc) is 2.12. The third-order valence-electron chi connectivity index (χ3n) is 2.17. The highest BCUT2D eigenvalue weighted by molar-refractivity contribution is 5.41. The monoisotopic (exact) mass is 193 g/mol. The van der Waals surface area contributed by atoms with Gasteiger partial charge in [0.15, 0.2) is 0 Å². The summed E-state index contributed by atoms with van der Waals surface area (Å²) in [5.74, 6) is 1.04. The third-order valence-corrected chi connectivity index (χ3v) is 2.17. The first-order chi connectivity index (χ1) is 6.63. The Labute approximate surface area is 85.9 Å². The molecule has 0 fully saturated rings. The Kier molecular flexibility index (Phi) is 3.89. The first-order valence-corrected chi connectivity index (χ1v) is 5.00. The lowest BCUT2D eigenvalue weighted by Crippen LogP contribution is -2.22. The van der Waals surface area contributed by atoms with E-state index in [1.807, 2.05) is 6.92 Å². The third kappa shape index (κ3) is 3.00. The normalized spacial score (nSPS) is 10.3. The summed E-state index contributed by atoms with van der Waals surface area (Å²) in [5.41, 5.74) is 7.79. The van der Waals surface area contributed by atoms with Crippen molar-refractivity contribution in [2.24, 2.45) is 5.73 Å². The Morgan fingerprint density at radius 3 is 2.64 bits per heavy atom. The maximum atomic E-state index is 5.47. The molecule has 0 saturated carbocycles. The lowest BCUT2D eigenvalue weighted by Gasteiger charge is -2.18. The van der Waals surface area contributed by atoms with Crippen LogP contribution < -0.4 is 10.6 Å². The van der Waals surface area contributed by atoms with Crippen LogP contribution in [0, 0.1) is 13.8 Å². The van der Waals surface area contributed by atoms with Crippen LogP contribution in [0.25, 0.3) is 0 Å². The van der Waals surface area contributed by atoms with Crippen molar-refractivity contribution in [3.63, 3.8) is 0 Å². The molecule has 3 nitrogen and oxygen atoms in total. The molecule has 0 aromatic carbocycles. The number of nitrogens with two attached hydrogens (primary N) is 1. The number of nitrogens with zero attached hydrogens (tertiary/aromatic N) is 2. The molecule has 1 aromatic rings. The van der Waals surface area contributed by atoms with Crippen LogP contribution in [-0.2, 0) is 0 Å². The van der Waals surface area contributed by atoms with Crippen LogP contribution in [0.4, 0.5) is 5.82 Å². The van der Waals surface area contributed by atoms with Crippen molar-refractivity contribution in [2.45, 2.75) is 20.3 Å². The summed E-state index contributed by atoms with van der Waals surface area (Å²) in [6.45, 7) is 5.81. The molecule has 0 bridgehead atoms. The van der Waals surface area contributed by atoms with Crippen molar-refractivity contribution in [1.82, 2.24) is 4.98 Å². The molecule has 1 aromatic heterocycles. The second kappa shape index (κ2) is 4.96. The molecule has 0 atom stereocenters. The van der Waals surface area contributed by atoms with E-state index in [4.69, 9.17) is 5.73 Å². The zero-order chi connectivity index (χ0) is 10.6. The highest BCUT2D eigenvalue weighted by atomic mass is 15.2. The molecule has 0 aliphatic rings. The van der Waals surface area contributed by atoms with Crippen LogP contribution in [0.5, 0.6) is 0 Å². The van der Waals surface area contributed by atoms with Gasteiger partial charge in [-0.1, -0.05) is 0 Å². The lowest BCUT2D eigenvalue weighted by atomic mass is 10.2. The molecule has 0 aliphatic carbocycles. The molecule has 2 N–H and O–H groups in total. The van der Waals surface area contributed by atoms with Gasteiger partial charge in [-0.05, 0) is 44.5 Å². The van der Waals surface area contributed by atoms with E-state index in [2.05, 4.69) is 36.0 Å². The fourth-order valence-electron chi connectivity index (χ4n) is 1.46. The number of aromatic nitrogens is 1. The van der Waals surface area contributed by atoms with E-state index >= 15 is 0 Å². The topological polar surface area (TPSA) is 42.2 Å². The summed E-state index contributed by atoms with van der Waals surface area (Å²) in [6, 6.07) is 4.18. The van der Waals surface area contributed by atoms with Crippen molar-refractivity contribution in [3.05, 3.63) is 23.4 Å². The molecule has 14 heavy (non-hydrogen) atoms. The van der Waals surface area contributed by atoms with E-state index < -0.39 is 0 Å². The second-order valence-electron chi connectivity index (χ2n) is 3.71. The minimum atomic E-state index is 0.731. The maximum Gasteiger partial charge on any atom is 0.128 e. The Bertz CT molecular complexity index is 276. The van der Waals surface area contributed by atoms with Gasteiger partial charge in [-0.15, -0.1) is 0 Å². The predicted molar refractivity (Wildman–Crippen MR) is 60.7 cm³/mol. The van der Waals surface area contributed by atoms with Gasteiger partial charge in [0.2, 0.25) is 0 Å². The fourth-order valence-corrected chi connectivity index (χ4v) is 1.46. The minimum Gasteiger partial charge on any atom is -0.360 e. The minimum absolute atomic E-state index is 0.731. The molecule has 0 aliphatic heterocycles. The Morgan fingerprint density at radius 1 is 1.36 bits per heavy atom. The number of hydrogen-bond acceptors (Lipinski definition) is 3. The summed E-state index contributed by atoms with van der Waals surface area (Å²) in [6.07, 6.45) is 1.01. The highest BCUT2D eigenvalue weighted by Crippen LogP contribution is 2.12. The molecule has 1 heterocycles. The number of anilines is 1. The maximum absolute atomic E-state index is 5.47. The van der Waals surface area contributed by atoms with E-state index in [1.54, 1.807) is 0 Å². The van der Waals surface area contributed by atoms with Crippen LogP contribution in [0.1, 0.15) is 17.7 Å². The molecular formula is C11H19N3. The quantitative estimate of drug-likeness (QED) is 0.787. The van der Waals surface area contributed by atoms with Crippen molar-refractivity contribution in [3.8, 4) is 0 Å². The average molecular weight is 193 g/mol. The molecule has 3 heteroatoms. The summed E-state index contributed by atoms with van der Waals surface area (Å²) in [5, 5.41) is 0. The van der Waals surface area contributed by atoms with Crippen LogP contribution in [0.2, 0.25) is 0 Å². The molecular weight excluding hydrogens is 174 g/mol. The lowest BCUT2D eigenvalue weighted by molar-refractivity contribution is 0.785. The van der Waals surface area contributed by atoms with Crippen LogP contribution in [0.15, 0.2) is 12.1 Å². The molecule has 0 amide bonds. The van der Waals surface area contributed by atoms with Crippen molar-refractivity contribution in [1.29, 1.82) is 0 Å². The first kappa shape index (κ1) is 11.0. The van der Waals surface area contributed by atoms with Crippen molar-refractivity contribution >= 4 is 5.82 Å². The van der Waals surface area contributed by atoms with E-state index in [0.717, 1.165) is 31.0 Å². The number of pyridine rings is 1. The predicted octanol–water partition coefficient (Wildman–Crippen LogP) is 1.48. The summed E-state index contributed by atoms with van der Waals surface area (Å²) in [4.78, 5) is 6.62. The molecule has 78 valence electrons. The standard InChI is InChI=1S/C11H19N3/c1-9-7-10(2)13-11(8-9)14(3)6-4-5-12/h7-8H,4-6,12H2,1-3H3. The molecule has 0 saturated heterocycles. The van der Waals surface area contributed by atoms with Crippen molar-refractivity contribution in [2.75, 3.05) is 25.0 Å². The van der Waals surface area contributed by atoms with Gasteiger partial charge in [-0.3, -0.25) is 0 Å². The van der Waals surface area contributed by atoms with E-state index in [1.165, 1.54) is 5.56 Å². The highest BCUT2D eigenvalue weighted by Gasteiger charge is 2.02. The number of aryl methyl sites for hydroxylation is 2. The number of hydrogen-bond donors (Lipinski definition) is 1. The zero-order valence-corrected chi connectivity index (χ0v) is 9.25. The van der Waals surface area contributed by atoms with Gasteiger partial charge in [0.1, 0.15) is 5.82 Å². The Balaban J connectivity index is 2.73. The van der Waals surface area contributed by atoms with Crippen molar-refractivity contribution < 1.29 is 0 Å². The van der Waals surface area contributed by atoms with Gasteiger partial charge < -0.3 is 10.6 Å². The van der Waals surface area contributed by atoms with Gasteiger partial charge in [0.25, 0.3) is 0 Å². The molecule has 0 radical (unpaired) electrons. The Hall–Kier alpha value is -1.09. The van der Waals surface area contributed by atoms with Gasteiger partial charge in [-0.2, -0.15) is 0 Å². The van der Waals surface area contributed by atoms with Crippen LogP contribution in [-0.4, -0.2) is 25.1 Å².